The SMILES string of the molecule is O=C([C@H]1CCCO1)N1CC[C@@H](I)C1. The first-order valence-corrected chi connectivity index (χ1v) is 6.06. The van der Waals surface area contributed by atoms with Crippen molar-refractivity contribution in [3.8, 4) is 0 Å². The summed E-state index contributed by atoms with van der Waals surface area (Å²) in [6, 6.07) is 0. The van der Waals surface area contributed by atoms with Gasteiger partial charge in [0.15, 0.2) is 0 Å². The Labute approximate surface area is 91.9 Å². The molecule has 2 aliphatic rings. The molecule has 74 valence electrons. The van der Waals surface area contributed by atoms with E-state index in [1.807, 2.05) is 4.90 Å². The van der Waals surface area contributed by atoms with Crippen molar-refractivity contribution >= 4 is 28.5 Å². The van der Waals surface area contributed by atoms with Gasteiger partial charge in [-0.3, -0.25) is 4.79 Å². The zero-order valence-corrected chi connectivity index (χ0v) is 9.70. The first kappa shape index (κ1) is 9.71. The summed E-state index contributed by atoms with van der Waals surface area (Å²) in [5.74, 6) is 0.219. The summed E-state index contributed by atoms with van der Waals surface area (Å²) in [7, 11) is 0. The smallest absolute Gasteiger partial charge is 0.251 e. The molecule has 2 heterocycles. The van der Waals surface area contributed by atoms with Crippen LogP contribution in [0.5, 0.6) is 0 Å². The second kappa shape index (κ2) is 4.13. The number of carbonyl (C=O) groups excluding carboxylic acids is 1. The van der Waals surface area contributed by atoms with E-state index in [9.17, 15) is 4.79 Å². The molecule has 0 aromatic heterocycles. The van der Waals surface area contributed by atoms with Gasteiger partial charge in [-0.25, -0.2) is 0 Å². The molecular formula is C9H14INO2. The molecule has 2 atom stereocenters. The summed E-state index contributed by atoms with van der Waals surface area (Å²) in [6.45, 7) is 2.60. The third-order valence-corrected chi connectivity index (χ3v) is 3.66. The van der Waals surface area contributed by atoms with Crippen LogP contribution in [-0.4, -0.2) is 40.5 Å². The molecule has 0 spiro atoms. The molecule has 0 N–H and O–H groups in total. The zero-order chi connectivity index (χ0) is 9.26. The topological polar surface area (TPSA) is 29.5 Å². The molecule has 0 aromatic rings. The van der Waals surface area contributed by atoms with E-state index in [4.69, 9.17) is 4.74 Å². The summed E-state index contributed by atoms with van der Waals surface area (Å²) in [4.78, 5) is 13.7. The Hall–Kier alpha value is 0.160. The van der Waals surface area contributed by atoms with Gasteiger partial charge in [0, 0.05) is 23.6 Å². The standard InChI is InChI=1S/C9H14INO2/c10-7-3-4-11(6-7)9(12)8-2-1-5-13-8/h7-8H,1-6H2/t7-,8-/m1/s1. The maximum atomic E-state index is 11.8. The lowest BCUT2D eigenvalue weighted by Crippen LogP contribution is -2.37. The molecule has 13 heavy (non-hydrogen) atoms. The number of carbonyl (C=O) groups is 1. The van der Waals surface area contributed by atoms with Gasteiger partial charge in [0.1, 0.15) is 6.10 Å². The summed E-state index contributed by atoms with van der Waals surface area (Å²) in [5, 5.41) is 0. The Morgan fingerprint density at radius 2 is 2.31 bits per heavy atom. The predicted octanol–water partition coefficient (Wildman–Crippen LogP) is 1.20. The lowest BCUT2D eigenvalue weighted by Gasteiger charge is -2.19. The highest BCUT2D eigenvalue weighted by atomic mass is 127. The van der Waals surface area contributed by atoms with Crippen molar-refractivity contribution in [1.82, 2.24) is 4.90 Å². The highest BCUT2D eigenvalue weighted by molar-refractivity contribution is 14.1. The second-order valence-electron chi connectivity index (χ2n) is 3.67. The van der Waals surface area contributed by atoms with Crippen LogP contribution in [0, 0.1) is 0 Å². The van der Waals surface area contributed by atoms with Crippen LogP contribution in [0.25, 0.3) is 0 Å². The third-order valence-electron chi connectivity index (χ3n) is 2.65. The molecular weight excluding hydrogens is 281 g/mol. The first-order valence-electron chi connectivity index (χ1n) is 4.82. The molecule has 4 heteroatoms. The second-order valence-corrected chi connectivity index (χ2v) is 5.43. The van der Waals surface area contributed by atoms with Crippen LogP contribution in [0.4, 0.5) is 0 Å². The molecule has 2 rings (SSSR count). The van der Waals surface area contributed by atoms with Crippen molar-refractivity contribution in [2.24, 2.45) is 0 Å². The van der Waals surface area contributed by atoms with Gasteiger partial charge in [0.2, 0.25) is 0 Å². The van der Waals surface area contributed by atoms with Gasteiger partial charge in [0.25, 0.3) is 5.91 Å². The normalized spacial score (nSPS) is 34.1. The Morgan fingerprint density at radius 1 is 1.46 bits per heavy atom. The van der Waals surface area contributed by atoms with Gasteiger partial charge >= 0.3 is 0 Å². The van der Waals surface area contributed by atoms with E-state index in [0.717, 1.165) is 39.0 Å². The Balaban J connectivity index is 1.89. The molecule has 2 aliphatic heterocycles. The predicted molar refractivity (Wildman–Crippen MR) is 58.0 cm³/mol. The third kappa shape index (κ3) is 2.15. The Kier molecular flexibility index (Phi) is 3.08. The molecule has 0 aromatic carbocycles. The van der Waals surface area contributed by atoms with Crippen LogP contribution >= 0.6 is 22.6 Å². The van der Waals surface area contributed by atoms with Crippen LogP contribution in [0.2, 0.25) is 0 Å². The molecule has 3 nitrogen and oxygen atoms in total. The van der Waals surface area contributed by atoms with Crippen LogP contribution in [0.15, 0.2) is 0 Å². The summed E-state index contributed by atoms with van der Waals surface area (Å²) in [5.41, 5.74) is 0. The number of halogens is 1. The van der Waals surface area contributed by atoms with E-state index in [2.05, 4.69) is 22.6 Å². The van der Waals surface area contributed by atoms with Crippen molar-refractivity contribution < 1.29 is 9.53 Å². The number of likely N-dealkylation sites (tertiary alicyclic amines) is 1. The van der Waals surface area contributed by atoms with E-state index >= 15 is 0 Å². The average molecular weight is 295 g/mol. The largest absolute Gasteiger partial charge is 0.368 e. The Morgan fingerprint density at radius 3 is 2.85 bits per heavy atom. The number of alkyl halides is 1. The van der Waals surface area contributed by atoms with Gasteiger partial charge in [-0.2, -0.15) is 0 Å². The fourth-order valence-electron chi connectivity index (χ4n) is 1.89. The summed E-state index contributed by atoms with van der Waals surface area (Å²) in [6.07, 6.45) is 2.97. The van der Waals surface area contributed by atoms with E-state index in [-0.39, 0.29) is 12.0 Å². The highest BCUT2D eigenvalue weighted by Crippen LogP contribution is 2.21. The fraction of sp³-hybridized carbons (Fsp3) is 0.889. The number of ether oxygens (including phenoxy) is 1. The molecule has 0 aliphatic carbocycles. The summed E-state index contributed by atoms with van der Waals surface area (Å²) >= 11 is 2.41. The van der Waals surface area contributed by atoms with Crippen molar-refractivity contribution in [3.63, 3.8) is 0 Å². The molecule has 1 amide bonds. The van der Waals surface area contributed by atoms with Crippen molar-refractivity contribution in [1.29, 1.82) is 0 Å². The zero-order valence-electron chi connectivity index (χ0n) is 7.54. The monoisotopic (exact) mass is 295 g/mol. The van der Waals surface area contributed by atoms with E-state index in [1.165, 1.54) is 0 Å². The van der Waals surface area contributed by atoms with Gasteiger partial charge < -0.3 is 9.64 Å². The minimum atomic E-state index is -0.123. The molecule has 2 saturated heterocycles. The van der Waals surface area contributed by atoms with Gasteiger partial charge in [-0.05, 0) is 19.3 Å². The number of hydrogen-bond acceptors (Lipinski definition) is 2. The molecule has 0 saturated carbocycles. The molecule has 0 bridgehead atoms. The van der Waals surface area contributed by atoms with Crippen LogP contribution in [0.3, 0.4) is 0 Å². The number of hydrogen-bond donors (Lipinski definition) is 0. The highest BCUT2D eigenvalue weighted by Gasteiger charge is 2.31. The van der Waals surface area contributed by atoms with Crippen LogP contribution < -0.4 is 0 Å². The van der Waals surface area contributed by atoms with Crippen molar-refractivity contribution in [2.75, 3.05) is 19.7 Å². The number of nitrogens with zero attached hydrogens (tertiary/aromatic N) is 1. The molecule has 2 fully saturated rings. The quantitative estimate of drug-likeness (QED) is 0.537. The fourth-order valence-corrected chi connectivity index (χ4v) is 2.65. The summed E-state index contributed by atoms with van der Waals surface area (Å²) < 4.78 is 6.01. The first-order chi connectivity index (χ1) is 6.27. The number of amides is 1. The maximum absolute atomic E-state index is 11.8. The lowest BCUT2D eigenvalue weighted by atomic mass is 10.2. The molecule has 0 radical (unpaired) electrons. The van der Waals surface area contributed by atoms with Crippen LogP contribution in [0.1, 0.15) is 19.3 Å². The van der Waals surface area contributed by atoms with Gasteiger partial charge in [0.05, 0.1) is 0 Å². The average Bonchev–Trinajstić information content (AvgIpc) is 2.72. The van der Waals surface area contributed by atoms with Gasteiger partial charge in [-0.1, -0.05) is 22.6 Å². The maximum Gasteiger partial charge on any atom is 0.251 e. The van der Waals surface area contributed by atoms with Crippen molar-refractivity contribution in [2.45, 2.75) is 29.3 Å². The lowest BCUT2D eigenvalue weighted by molar-refractivity contribution is -0.139. The minimum absolute atomic E-state index is 0.123. The number of rotatable bonds is 1. The van der Waals surface area contributed by atoms with Crippen molar-refractivity contribution in [3.05, 3.63) is 0 Å². The minimum Gasteiger partial charge on any atom is -0.368 e. The molecule has 0 unspecified atom stereocenters. The van der Waals surface area contributed by atoms with E-state index in [0.29, 0.717) is 3.92 Å². The van der Waals surface area contributed by atoms with E-state index < -0.39 is 0 Å². The van der Waals surface area contributed by atoms with Gasteiger partial charge in [-0.15, -0.1) is 0 Å². The Bertz CT molecular complexity index is 204. The van der Waals surface area contributed by atoms with E-state index in [1.54, 1.807) is 0 Å². The van der Waals surface area contributed by atoms with Crippen LogP contribution in [-0.2, 0) is 9.53 Å².